The van der Waals surface area contributed by atoms with Crippen molar-refractivity contribution in [3.8, 4) is 0 Å². The Morgan fingerprint density at radius 1 is 1.25 bits per heavy atom. The first kappa shape index (κ1) is 14.4. The van der Waals surface area contributed by atoms with Crippen molar-refractivity contribution in [3.05, 3.63) is 28.2 Å². The lowest BCUT2D eigenvalue weighted by Gasteiger charge is -2.47. The third kappa shape index (κ3) is 2.50. The van der Waals surface area contributed by atoms with Gasteiger partial charge in [0.2, 0.25) is 0 Å². The Morgan fingerprint density at radius 2 is 2.05 bits per heavy atom. The molecule has 2 fully saturated rings. The number of fused-ring (bicyclic) bond motifs is 1. The zero-order valence-electron chi connectivity index (χ0n) is 12.8. The van der Waals surface area contributed by atoms with Gasteiger partial charge < -0.3 is 4.90 Å². The van der Waals surface area contributed by atoms with Crippen molar-refractivity contribution in [1.82, 2.24) is 4.90 Å². The van der Waals surface area contributed by atoms with Gasteiger partial charge in [-0.15, -0.1) is 0 Å². The molecule has 0 saturated carbocycles. The summed E-state index contributed by atoms with van der Waals surface area (Å²) in [5.74, 6) is 0.690. The molecule has 2 aliphatic rings. The molecule has 3 heteroatoms. The molecular formula is C17H25BrN2. The molecule has 2 saturated heterocycles. The molecule has 2 unspecified atom stereocenters. The summed E-state index contributed by atoms with van der Waals surface area (Å²) in [5.41, 5.74) is 2.80. The SMILES string of the molecule is Cc1c(Br)cccc1N1CC2CCCN2CC1C(C)C. The molecule has 0 bridgehead atoms. The standard InChI is InChI=1S/C17H25BrN2/c1-12(2)17-11-19-9-5-6-14(19)10-20(17)16-8-4-7-15(18)13(16)3/h4,7-8,12,14,17H,5-6,9-11H2,1-3H3. The summed E-state index contributed by atoms with van der Waals surface area (Å²) in [4.78, 5) is 5.39. The van der Waals surface area contributed by atoms with Crippen LogP contribution in [0.2, 0.25) is 0 Å². The molecular weight excluding hydrogens is 312 g/mol. The average molecular weight is 337 g/mol. The molecule has 0 radical (unpaired) electrons. The van der Waals surface area contributed by atoms with Crippen molar-refractivity contribution in [3.63, 3.8) is 0 Å². The molecule has 3 rings (SSSR count). The lowest BCUT2D eigenvalue weighted by atomic mass is 9.96. The van der Waals surface area contributed by atoms with Gasteiger partial charge in [-0.2, -0.15) is 0 Å². The number of piperazine rings is 1. The number of rotatable bonds is 2. The van der Waals surface area contributed by atoms with E-state index in [0.717, 1.165) is 6.04 Å². The molecule has 1 aromatic carbocycles. The van der Waals surface area contributed by atoms with Gasteiger partial charge in [0.25, 0.3) is 0 Å². The number of benzene rings is 1. The predicted octanol–water partition coefficient (Wildman–Crippen LogP) is 4.07. The van der Waals surface area contributed by atoms with Crippen molar-refractivity contribution in [1.29, 1.82) is 0 Å². The average Bonchev–Trinajstić information content (AvgIpc) is 2.87. The summed E-state index contributed by atoms with van der Waals surface area (Å²) in [6.45, 7) is 10.7. The third-order valence-electron chi connectivity index (χ3n) is 5.05. The quantitative estimate of drug-likeness (QED) is 0.803. The fraction of sp³-hybridized carbons (Fsp3) is 0.647. The number of nitrogens with zero attached hydrogens (tertiary/aromatic N) is 2. The molecule has 0 N–H and O–H groups in total. The van der Waals surface area contributed by atoms with E-state index < -0.39 is 0 Å². The number of anilines is 1. The fourth-order valence-corrected chi connectivity index (χ4v) is 4.15. The molecule has 2 heterocycles. The normalized spacial score (nSPS) is 27.1. The van der Waals surface area contributed by atoms with E-state index >= 15 is 0 Å². The maximum atomic E-state index is 3.69. The van der Waals surface area contributed by atoms with E-state index in [4.69, 9.17) is 0 Å². The maximum absolute atomic E-state index is 3.69. The van der Waals surface area contributed by atoms with Crippen molar-refractivity contribution in [2.45, 2.75) is 45.7 Å². The second-order valence-electron chi connectivity index (χ2n) is 6.64. The van der Waals surface area contributed by atoms with Crippen LogP contribution in [0.25, 0.3) is 0 Å². The van der Waals surface area contributed by atoms with Gasteiger partial charge >= 0.3 is 0 Å². The minimum absolute atomic E-state index is 0.636. The molecule has 0 amide bonds. The molecule has 2 aliphatic heterocycles. The van der Waals surface area contributed by atoms with Crippen molar-refractivity contribution >= 4 is 21.6 Å². The highest BCUT2D eigenvalue weighted by molar-refractivity contribution is 9.10. The van der Waals surface area contributed by atoms with E-state index in [9.17, 15) is 0 Å². The predicted molar refractivity (Wildman–Crippen MR) is 89.4 cm³/mol. The van der Waals surface area contributed by atoms with Gasteiger partial charge in [0, 0.05) is 35.3 Å². The Balaban J connectivity index is 1.94. The summed E-state index contributed by atoms with van der Waals surface area (Å²) in [6.07, 6.45) is 2.75. The van der Waals surface area contributed by atoms with Gasteiger partial charge in [0.05, 0.1) is 0 Å². The van der Waals surface area contributed by atoms with Crippen LogP contribution in [0.5, 0.6) is 0 Å². The monoisotopic (exact) mass is 336 g/mol. The largest absolute Gasteiger partial charge is 0.365 e. The Bertz CT molecular complexity index is 486. The molecule has 1 aromatic rings. The first-order valence-electron chi connectivity index (χ1n) is 7.83. The van der Waals surface area contributed by atoms with Gasteiger partial charge in [-0.1, -0.05) is 35.8 Å². The van der Waals surface area contributed by atoms with E-state index in [1.807, 2.05) is 0 Å². The van der Waals surface area contributed by atoms with Gasteiger partial charge in [0.15, 0.2) is 0 Å². The Kier molecular flexibility index (Phi) is 4.09. The van der Waals surface area contributed by atoms with E-state index in [0.29, 0.717) is 12.0 Å². The second kappa shape index (κ2) is 5.69. The van der Waals surface area contributed by atoms with E-state index in [1.165, 1.54) is 48.2 Å². The molecule has 2 atom stereocenters. The van der Waals surface area contributed by atoms with Crippen LogP contribution in [0.4, 0.5) is 5.69 Å². The number of hydrogen-bond acceptors (Lipinski definition) is 2. The molecule has 20 heavy (non-hydrogen) atoms. The van der Waals surface area contributed by atoms with Crippen molar-refractivity contribution in [2.24, 2.45) is 5.92 Å². The van der Waals surface area contributed by atoms with Crippen LogP contribution in [-0.4, -0.2) is 36.6 Å². The van der Waals surface area contributed by atoms with Gasteiger partial charge in [-0.25, -0.2) is 0 Å². The van der Waals surface area contributed by atoms with Gasteiger partial charge in [0.1, 0.15) is 0 Å². The highest BCUT2D eigenvalue weighted by Crippen LogP contribution is 2.35. The maximum Gasteiger partial charge on any atom is 0.0440 e. The fourth-order valence-electron chi connectivity index (χ4n) is 3.80. The highest BCUT2D eigenvalue weighted by atomic mass is 79.9. The van der Waals surface area contributed by atoms with E-state index in [-0.39, 0.29) is 0 Å². The van der Waals surface area contributed by atoms with Crippen LogP contribution in [-0.2, 0) is 0 Å². The Hall–Kier alpha value is -0.540. The highest BCUT2D eigenvalue weighted by Gasteiger charge is 2.37. The van der Waals surface area contributed by atoms with Crippen LogP contribution in [0, 0.1) is 12.8 Å². The van der Waals surface area contributed by atoms with Crippen molar-refractivity contribution < 1.29 is 0 Å². The molecule has 0 aromatic heterocycles. The van der Waals surface area contributed by atoms with Crippen LogP contribution in [0.15, 0.2) is 22.7 Å². The molecule has 2 nitrogen and oxygen atoms in total. The molecule has 0 aliphatic carbocycles. The lowest BCUT2D eigenvalue weighted by Crippen LogP contribution is -2.58. The Labute approximate surface area is 131 Å². The van der Waals surface area contributed by atoms with Crippen LogP contribution >= 0.6 is 15.9 Å². The van der Waals surface area contributed by atoms with E-state index in [1.54, 1.807) is 0 Å². The third-order valence-corrected chi connectivity index (χ3v) is 5.91. The van der Waals surface area contributed by atoms with Crippen LogP contribution < -0.4 is 4.90 Å². The smallest absolute Gasteiger partial charge is 0.0440 e. The number of hydrogen-bond donors (Lipinski definition) is 0. The van der Waals surface area contributed by atoms with Crippen LogP contribution in [0.3, 0.4) is 0 Å². The summed E-state index contributed by atoms with van der Waals surface area (Å²) in [5, 5.41) is 0. The second-order valence-corrected chi connectivity index (χ2v) is 7.49. The minimum Gasteiger partial charge on any atom is -0.365 e. The van der Waals surface area contributed by atoms with Crippen molar-refractivity contribution in [2.75, 3.05) is 24.5 Å². The molecule has 0 spiro atoms. The minimum atomic E-state index is 0.636. The summed E-state index contributed by atoms with van der Waals surface area (Å²) in [7, 11) is 0. The summed E-state index contributed by atoms with van der Waals surface area (Å²) < 4.78 is 1.23. The first-order chi connectivity index (χ1) is 9.58. The first-order valence-corrected chi connectivity index (χ1v) is 8.63. The molecule has 110 valence electrons. The van der Waals surface area contributed by atoms with Gasteiger partial charge in [-0.3, -0.25) is 4.90 Å². The summed E-state index contributed by atoms with van der Waals surface area (Å²) in [6, 6.07) is 8.01. The van der Waals surface area contributed by atoms with E-state index in [2.05, 4.69) is 64.7 Å². The van der Waals surface area contributed by atoms with Crippen LogP contribution in [0.1, 0.15) is 32.3 Å². The van der Waals surface area contributed by atoms with Gasteiger partial charge in [-0.05, 0) is 49.9 Å². The summed E-state index contributed by atoms with van der Waals surface area (Å²) >= 11 is 3.69. The topological polar surface area (TPSA) is 6.48 Å². The number of halogens is 1. The zero-order valence-corrected chi connectivity index (χ0v) is 14.4. The lowest BCUT2D eigenvalue weighted by molar-refractivity contribution is 0.176. The zero-order chi connectivity index (χ0) is 14.3. The Morgan fingerprint density at radius 3 is 2.80 bits per heavy atom.